The quantitative estimate of drug-likeness (QED) is 0.821. The molecule has 0 spiro atoms. The van der Waals surface area contributed by atoms with Crippen LogP contribution in [0.25, 0.3) is 0 Å². The van der Waals surface area contributed by atoms with E-state index in [0.29, 0.717) is 11.3 Å². The van der Waals surface area contributed by atoms with Gasteiger partial charge in [0.2, 0.25) is 5.91 Å². The first-order valence-electron chi connectivity index (χ1n) is 6.16. The van der Waals surface area contributed by atoms with Gasteiger partial charge in [0, 0.05) is 10.9 Å². The van der Waals surface area contributed by atoms with Gasteiger partial charge < -0.3 is 10.1 Å². The topological polar surface area (TPSA) is 55.4 Å². The second-order valence-corrected chi connectivity index (χ2v) is 5.84. The lowest BCUT2D eigenvalue weighted by molar-refractivity contribution is -0.140. The Morgan fingerprint density at radius 1 is 1.45 bits per heavy atom. The summed E-state index contributed by atoms with van der Waals surface area (Å²) in [6, 6.07) is 4.55. The SMILES string of the molecule is COC(=O)CC(C)SCC(=O)Nc1ccc(C)c(F)c1. The highest BCUT2D eigenvalue weighted by Crippen LogP contribution is 2.17. The number of thioether (sulfide) groups is 1. The van der Waals surface area contributed by atoms with Gasteiger partial charge in [-0.2, -0.15) is 0 Å². The minimum absolute atomic E-state index is 0.0112. The fraction of sp³-hybridized carbons (Fsp3) is 0.429. The molecule has 0 aliphatic carbocycles. The molecule has 0 aliphatic rings. The van der Waals surface area contributed by atoms with Crippen LogP contribution >= 0.6 is 11.8 Å². The van der Waals surface area contributed by atoms with Crippen molar-refractivity contribution in [2.45, 2.75) is 25.5 Å². The summed E-state index contributed by atoms with van der Waals surface area (Å²) < 4.78 is 17.9. The molecule has 1 atom stereocenters. The van der Waals surface area contributed by atoms with E-state index in [-0.39, 0.29) is 35.1 Å². The minimum Gasteiger partial charge on any atom is -0.469 e. The number of methoxy groups -OCH3 is 1. The summed E-state index contributed by atoms with van der Waals surface area (Å²) in [5.74, 6) is -0.677. The summed E-state index contributed by atoms with van der Waals surface area (Å²) in [6.45, 7) is 3.51. The molecule has 0 aliphatic heterocycles. The molecule has 4 nitrogen and oxygen atoms in total. The van der Waals surface area contributed by atoms with Crippen LogP contribution in [0.5, 0.6) is 0 Å². The molecule has 0 radical (unpaired) electrons. The number of anilines is 1. The lowest BCUT2D eigenvalue weighted by atomic mass is 10.2. The van der Waals surface area contributed by atoms with E-state index >= 15 is 0 Å². The number of hydrogen-bond acceptors (Lipinski definition) is 4. The molecule has 1 N–H and O–H groups in total. The highest BCUT2D eigenvalue weighted by molar-refractivity contribution is 8.00. The Morgan fingerprint density at radius 2 is 2.15 bits per heavy atom. The first-order chi connectivity index (χ1) is 9.42. The Morgan fingerprint density at radius 3 is 2.75 bits per heavy atom. The first kappa shape index (κ1) is 16.5. The standard InChI is InChI=1S/C14H18FNO3S/c1-9-4-5-11(7-12(9)15)16-13(17)8-20-10(2)6-14(18)19-3/h4-5,7,10H,6,8H2,1-3H3,(H,16,17). The fourth-order valence-electron chi connectivity index (χ4n) is 1.46. The number of carbonyl (C=O) groups is 2. The molecule has 1 aromatic rings. The van der Waals surface area contributed by atoms with Gasteiger partial charge in [-0.15, -0.1) is 11.8 Å². The average Bonchev–Trinajstić information content (AvgIpc) is 2.40. The Labute approximate surface area is 122 Å². The van der Waals surface area contributed by atoms with E-state index in [1.807, 2.05) is 6.92 Å². The summed E-state index contributed by atoms with van der Waals surface area (Å²) in [4.78, 5) is 22.7. The number of ether oxygens (including phenoxy) is 1. The van der Waals surface area contributed by atoms with E-state index in [0.717, 1.165) is 0 Å². The lowest BCUT2D eigenvalue weighted by Gasteiger charge is -2.10. The van der Waals surface area contributed by atoms with E-state index in [2.05, 4.69) is 10.1 Å². The maximum absolute atomic E-state index is 13.3. The molecule has 0 saturated carbocycles. The van der Waals surface area contributed by atoms with Crippen LogP contribution in [0.15, 0.2) is 18.2 Å². The molecule has 0 heterocycles. The van der Waals surface area contributed by atoms with E-state index in [1.165, 1.54) is 24.9 Å². The Balaban J connectivity index is 2.40. The molecule has 20 heavy (non-hydrogen) atoms. The molecule has 0 bridgehead atoms. The predicted octanol–water partition coefficient (Wildman–Crippen LogP) is 2.76. The number of benzene rings is 1. The highest BCUT2D eigenvalue weighted by atomic mass is 32.2. The van der Waals surface area contributed by atoms with Gasteiger partial charge in [-0.3, -0.25) is 9.59 Å². The summed E-state index contributed by atoms with van der Waals surface area (Å²) in [5, 5.41) is 2.61. The predicted molar refractivity (Wildman–Crippen MR) is 78.3 cm³/mol. The Bertz CT molecular complexity index is 493. The maximum Gasteiger partial charge on any atom is 0.306 e. The molecule has 1 amide bonds. The van der Waals surface area contributed by atoms with Crippen LogP contribution in [-0.2, 0) is 14.3 Å². The zero-order valence-corrected chi connectivity index (χ0v) is 12.6. The third kappa shape index (κ3) is 5.61. The van der Waals surface area contributed by atoms with Crippen LogP contribution in [0.3, 0.4) is 0 Å². The number of aryl methyl sites for hydroxylation is 1. The van der Waals surface area contributed by atoms with E-state index in [4.69, 9.17) is 0 Å². The second kappa shape index (κ2) is 7.89. The van der Waals surface area contributed by atoms with Crippen molar-refractivity contribution >= 4 is 29.3 Å². The zero-order valence-electron chi connectivity index (χ0n) is 11.7. The van der Waals surface area contributed by atoms with E-state index in [9.17, 15) is 14.0 Å². The van der Waals surface area contributed by atoms with Crippen molar-refractivity contribution in [1.29, 1.82) is 0 Å². The molecule has 1 unspecified atom stereocenters. The zero-order chi connectivity index (χ0) is 15.1. The summed E-state index contributed by atoms with van der Waals surface area (Å²) in [6.07, 6.45) is 0.258. The van der Waals surface area contributed by atoms with Gasteiger partial charge in [0.25, 0.3) is 0 Å². The number of halogens is 1. The molecule has 0 fully saturated rings. The fourth-order valence-corrected chi connectivity index (χ4v) is 2.22. The van der Waals surface area contributed by atoms with Gasteiger partial charge in [0.1, 0.15) is 5.82 Å². The minimum atomic E-state index is -0.352. The second-order valence-electron chi connectivity index (χ2n) is 4.41. The van der Waals surface area contributed by atoms with Crippen molar-refractivity contribution in [1.82, 2.24) is 0 Å². The maximum atomic E-state index is 13.3. The smallest absolute Gasteiger partial charge is 0.306 e. The number of carbonyl (C=O) groups excluding carboxylic acids is 2. The number of rotatable bonds is 6. The molecule has 0 saturated heterocycles. The van der Waals surface area contributed by atoms with Crippen LogP contribution in [0.2, 0.25) is 0 Å². The van der Waals surface area contributed by atoms with E-state index in [1.54, 1.807) is 19.1 Å². The van der Waals surface area contributed by atoms with Crippen molar-refractivity contribution < 1.29 is 18.7 Å². The van der Waals surface area contributed by atoms with Crippen molar-refractivity contribution in [3.63, 3.8) is 0 Å². The van der Waals surface area contributed by atoms with Crippen molar-refractivity contribution in [3.05, 3.63) is 29.6 Å². The third-order valence-corrected chi connectivity index (χ3v) is 3.80. The molecule has 110 valence electrons. The van der Waals surface area contributed by atoms with Gasteiger partial charge in [-0.1, -0.05) is 13.0 Å². The molecule has 6 heteroatoms. The first-order valence-corrected chi connectivity index (χ1v) is 7.21. The molecule has 0 aromatic heterocycles. The summed E-state index contributed by atoms with van der Waals surface area (Å²) in [7, 11) is 1.33. The highest BCUT2D eigenvalue weighted by Gasteiger charge is 2.12. The summed E-state index contributed by atoms with van der Waals surface area (Å²) >= 11 is 1.35. The lowest BCUT2D eigenvalue weighted by Crippen LogP contribution is -2.17. The normalized spacial score (nSPS) is 11.8. The molecular formula is C14H18FNO3S. The van der Waals surface area contributed by atoms with Crippen LogP contribution in [0, 0.1) is 12.7 Å². The third-order valence-electron chi connectivity index (χ3n) is 2.64. The monoisotopic (exact) mass is 299 g/mol. The van der Waals surface area contributed by atoms with Crippen LogP contribution in [-0.4, -0.2) is 30.0 Å². The van der Waals surface area contributed by atoms with Crippen molar-refractivity contribution in [2.75, 3.05) is 18.2 Å². The molecular weight excluding hydrogens is 281 g/mol. The van der Waals surface area contributed by atoms with E-state index < -0.39 is 0 Å². The largest absolute Gasteiger partial charge is 0.469 e. The van der Waals surface area contributed by atoms with Gasteiger partial charge in [-0.25, -0.2) is 4.39 Å². The Kier molecular flexibility index (Phi) is 6.51. The number of amides is 1. The van der Waals surface area contributed by atoms with Crippen molar-refractivity contribution in [3.8, 4) is 0 Å². The Hall–Kier alpha value is -1.56. The number of nitrogens with one attached hydrogen (secondary N) is 1. The van der Waals surface area contributed by atoms with Crippen LogP contribution < -0.4 is 5.32 Å². The number of esters is 1. The van der Waals surface area contributed by atoms with Gasteiger partial charge in [0.15, 0.2) is 0 Å². The average molecular weight is 299 g/mol. The summed E-state index contributed by atoms with van der Waals surface area (Å²) in [5.41, 5.74) is 0.961. The van der Waals surface area contributed by atoms with Gasteiger partial charge in [0.05, 0.1) is 19.3 Å². The van der Waals surface area contributed by atoms with Gasteiger partial charge in [-0.05, 0) is 24.6 Å². The molecule has 1 rings (SSSR count). The molecule has 1 aromatic carbocycles. The van der Waals surface area contributed by atoms with Gasteiger partial charge >= 0.3 is 5.97 Å². The van der Waals surface area contributed by atoms with Crippen LogP contribution in [0.1, 0.15) is 18.9 Å². The van der Waals surface area contributed by atoms with Crippen LogP contribution in [0.4, 0.5) is 10.1 Å². The van der Waals surface area contributed by atoms with Crippen molar-refractivity contribution in [2.24, 2.45) is 0 Å². The number of hydrogen-bond donors (Lipinski definition) is 1.